The molecule has 11 heavy (non-hydrogen) atoms. The molecule has 0 bridgehead atoms. The standard InChI is InChI=1S/C7H16N4/c1-6-4-2-3-5-11(6)7(8)10-9/h6H,2-5,9H2,1H3,(H2,8,10). The molecule has 0 saturated carbocycles. The van der Waals surface area contributed by atoms with E-state index in [2.05, 4.69) is 16.9 Å². The summed E-state index contributed by atoms with van der Waals surface area (Å²) in [5, 5.41) is 3.48. The lowest BCUT2D eigenvalue weighted by molar-refractivity contribution is 0.255. The molecule has 1 saturated heterocycles. The first kappa shape index (κ1) is 8.17. The number of hydrazone groups is 1. The summed E-state index contributed by atoms with van der Waals surface area (Å²) in [6, 6.07) is 0.496. The van der Waals surface area contributed by atoms with Gasteiger partial charge in [-0.2, -0.15) is 0 Å². The average Bonchev–Trinajstić information content (AvgIpc) is 2.04. The molecule has 4 heteroatoms. The molecule has 1 aliphatic rings. The van der Waals surface area contributed by atoms with E-state index in [1.807, 2.05) is 0 Å². The van der Waals surface area contributed by atoms with E-state index in [0.29, 0.717) is 12.0 Å². The molecule has 1 unspecified atom stereocenters. The highest BCUT2D eigenvalue weighted by molar-refractivity contribution is 5.78. The van der Waals surface area contributed by atoms with Gasteiger partial charge < -0.3 is 16.5 Å². The second-order valence-corrected chi connectivity index (χ2v) is 3.03. The molecular weight excluding hydrogens is 140 g/mol. The molecule has 1 rings (SSSR count). The number of piperidine rings is 1. The summed E-state index contributed by atoms with van der Waals surface area (Å²) in [6.45, 7) is 3.14. The van der Waals surface area contributed by atoms with Gasteiger partial charge in [0.1, 0.15) is 0 Å². The first-order valence-corrected chi connectivity index (χ1v) is 4.05. The molecule has 0 aromatic carbocycles. The predicted octanol–water partition coefficient (Wildman–Crippen LogP) is 0.0492. The van der Waals surface area contributed by atoms with Crippen molar-refractivity contribution in [2.75, 3.05) is 6.54 Å². The molecule has 1 heterocycles. The first-order chi connectivity index (χ1) is 5.25. The van der Waals surface area contributed by atoms with Crippen LogP contribution in [0.25, 0.3) is 0 Å². The third-order valence-electron chi connectivity index (χ3n) is 2.23. The summed E-state index contributed by atoms with van der Waals surface area (Å²) in [4.78, 5) is 2.06. The fourth-order valence-electron chi connectivity index (χ4n) is 1.51. The maximum absolute atomic E-state index is 5.59. The van der Waals surface area contributed by atoms with Gasteiger partial charge in [-0.1, -0.05) is 0 Å². The fourth-order valence-corrected chi connectivity index (χ4v) is 1.51. The second kappa shape index (κ2) is 3.46. The highest BCUT2D eigenvalue weighted by atomic mass is 15.3. The highest BCUT2D eigenvalue weighted by Gasteiger charge is 2.19. The predicted molar refractivity (Wildman–Crippen MR) is 45.8 cm³/mol. The van der Waals surface area contributed by atoms with Crippen LogP contribution in [0.2, 0.25) is 0 Å². The number of rotatable bonds is 0. The van der Waals surface area contributed by atoms with Crippen molar-refractivity contribution in [2.24, 2.45) is 16.7 Å². The van der Waals surface area contributed by atoms with E-state index in [0.717, 1.165) is 6.54 Å². The lowest BCUT2D eigenvalue weighted by atomic mass is 10.0. The lowest BCUT2D eigenvalue weighted by Crippen LogP contribution is -2.46. The summed E-state index contributed by atoms with van der Waals surface area (Å²) < 4.78 is 0. The normalized spacial score (nSPS) is 27.2. The van der Waals surface area contributed by atoms with Gasteiger partial charge in [-0.05, 0) is 26.2 Å². The lowest BCUT2D eigenvalue weighted by Gasteiger charge is -2.33. The summed E-state index contributed by atoms with van der Waals surface area (Å²) in [6.07, 6.45) is 3.67. The van der Waals surface area contributed by atoms with E-state index >= 15 is 0 Å². The van der Waals surface area contributed by atoms with Gasteiger partial charge in [-0.25, -0.2) is 0 Å². The van der Waals surface area contributed by atoms with E-state index in [9.17, 15) is 0 Å². The van der Waals surface area contributed by atoms with Crippen molar-refractivity contribution in [1.82, 2.24) is 4.90 Å². The van der Waals surface area contributed by atoms with Crippen LogP contribution in [0.4, 0.5) is 0 Å². The van der Waals surface area contributed by atoms with Crippen LogP contribution in [-0.4, -0.2) is 23.4 Å². The van der Waals surface area contributed by atoms with Crippen molar-refractivity contribution in [1.29, 1.82) is 0 Å². The number of guanidine groups is 1. The van der Waals surface area contributed by atoms with Gasteiger partial charge in [0.25, 0.3) is 0 Å². The van der Waals surface area contributed by atoms with Gasteiger partial charge in [-0.15, -0.1) is 5.10 Å². The van der Waals surface area contributed by atoms with Crippen LogP contribution in [-0.2, 0) is 0 Å². The fraction of sp³-hybridized carbons (Fsp3) is 0.857. The molecule has 0 aliphatic carbocycles. The zero-order valence-corrected chi connectivity index (χ0v) is 6.95. The van der Waals surface area contributed by atoms with Gasteiger partial charge in [0.05, 0.1) is 0 Å². The van der Waals surface area contributed by atoms with Crippen LogP contribution < -0.4 is 11.6 Å². The Bertz CT molecular complexity index is 155. The molecule has 64 valence electrons. The monoisotopic (exact) mass is 156 g/mol. The zero-order valence-electron chi connectivity index (χ0n) is 6.95. The van der Waals surface area contributed by atoms with Crippen LogP contribution in [0.3, 0.4) is 0 Å². The molecule has 1 atom stereocenters. The molecule has 1 aliphatic heterocycles. The van der Waals surface area contributed by atoms with E-state index in [1.165, 1.54) is 19.3 Å². The van der Waals surface area contributed by atoms with Gasteiger partial charge in [-0.3, -0.25) is 0 Å². The Hall–Kier alpha value is -0.930. The van der Waals surface area contributed by atoms with E-state index in [-0.39, 0.29) is 0 Å². The van der Waals surface area contributed by atoms with Crippen molar-refractivity contribution in [2.45, 2.75) is 32.2 Å². The minimum absolute atomic E-state index is 0.470. The molecule has 0 radical (unpaired) electrons. The molecule has 0 amide bonds. The minimum Gasteiger partial charge on any atom is -0.368 e. The maximum Gasteiger partial charge on any atom is 0.213 e. The summed E-state index contributed by atoms with van der Waals surface area (Å²) in [5.41, 5.74) is 5.59. The quantitative estimate of drug-likeness (QED) is 0.225. The molecular formula is C7H16N4. The Morgan fingerprint density at radius 2 is 2.27 bits per heavy atom. The van der Waals surface area contributed by atoms with Gasteiger partial charge in [0, 0.05) is 12.6 Å². The topological polar surface area (TPSA) is 67.6 Å². The Morgan fingerprint density at radius 3 is 2.82 bits per heavy atom. The number of likely N-dealkylation sites (tertiary alicyclic amines) is 1. The average molecular weight is 156 g/mol. The van der Waals surface area contributed by atoms with Crippen molar-refractivity contribution in [3.05, 3.63) is 0 Å². The van der Waals surface area contributed by atoms with Crippen LogP contribution in [0.15, 0.2) is 5.10 Å². The number of hydrogen-bond acceptors (Lipinski definition) is 2. The van der Waals surface area contributed by atoms with E-state index in [1.54, 1.807) is 0 Å². The number of hydrogen-bond donors (Lipinski definition) is 2. The van der Waals surface area contributed by atoms with Gasteiger partial charge >= 0.3 is 0 Å². The van der Waals surface area contributed by atoms with Crippen molar-refractivity contribution < 1.29 is 0 Å². The van der Waals surface area contributed by atoms with Crippen LogP contribution in [0, 0.1) is 0 Å². The molecule has 4 N–H and O–H groups in total. The molecule has 4 nitrogen and oxygen atoms in total. The molecule has 0 aromatic rings. The summed E-state index contributed by atoms with van der Waals surface area (Å²) >= 11 is 0. The van der Waals surface area contributed by atoms with E-state index < -0.39 is 0 Å². The third-order valence-corrected chi connectivity index (χ3v) is 2.23. The third kappa shape index (κ3) is 1.76. The van der Waals surface area contributed by atoms with Crippen molar-refractivity contribution in [3.8, 4) is 0 Å². The Kier molecular flexibility index (Phi) is 2.57. The van der Waals surface area contributed by atoms with Crippen LogP contribution in [0.5, 0.6) is 0 Å². The second-order valence-electron chi connectivity index (χ2n) is 3.03. The number of nitrogens with two attached hydrogens (primary N) is 2. The van der Waals surface area contributed by atoms with Crippen LogP contribution >= 0.6 is 0 Å². The van der Waals surface area contributed by atoms with Gasteiger partial charge in [0.15, 0.2) is 0 Å². The summed E-state index contributed by atoms with van der Waals surface area (Å²) in [5.74, 6) is 5.56. The smallest absolute Gasteiger partial charge is 0.213 e. The van der Waals surface area contributed by atoms with Gasteiger partial charge in [0.2, 0.25) is 5.96 Å². The molecule has 1 fully saturated rings. The molecule has 0 aromatic heterocycles. The van der Waals surface area contributed by atoms with E-state index in [4.69, 9.17) is 11.6 Å². The van der Waals surface area contributed by atoms with Crippen molar-refractivity contribution in [3.63, 3.8) is 0 Å². The largest absolute Gasteiger partial charge is 0.368 e. The number of nitrogens with zero attached hydrogens (tertiary/aromatic N) is 2. The first-order valence-electron chi connectivity index (χ1n) is 4.05. The zero-order chi connectivity index (χ0) is 8.27. The minimum atomic E-state index is 0.470. The molecule has 0 spiro atoms. The maximum atomic E-state index is 5.59. The van der Waals surface area contributed by atoms with Crippen LogP contribution in [0.1, 0.15) is 26.2 Å². The highest BCUT2D eigenvalue weighted by Crippen LogP contribution is 2.15. The Morgan fingerprint density at radius 1 is 1.55 bits per heavy atom. The summed E-state index contributed by atoms with van der Waals surface area (Å²) in [7, 11) is 0. The van der Waals surface area contributed by atoms with Crippen molar-refractivity contribution >= 4 is 5.96 Å². The Labute approximate surface area is 67.2 Å². The Balaban J connectivity index is 2.54. The SMILES string of the molecule is CC1CCCCN1C(N)=NN.